The zero-order valence-corrected chi connectivity index (χ0v) is 14.2. The van der Waals surface area contributed by atoms with Gasteiger partial charge in [-0.2, -0.15) is 0 Å². The predicted octanol–water partition coefficient (Wildman–Crippen LogP) is 2.73. The van der Waals surface area contributed by atoms with Crippen molar-refractivity contribution in [3.05, 3.63) is 47.1 Å². The molecule has 0 spiro atoms. The fraction of sp³-hybridized carbons (Fsp3) is 0.353. The number of benzene rings is 1. The van der Waals surface area contributed by atoms with Crippen molar-refractivity contribution >= 4 is 27.3 Å². The highest BCUT2D eigenvalue weighted by molar-refractivity contribution is 7.20. The Hall–Kier alpha value is -2.25. The van der Waals surface area contributed by atoms with E-state index in [-0.39, 0.29) is 11.9 Å². The molecule has 1 fully saturated rings. The first-order chi connectivity index (χ1) is 11.7. The number of likely N-dealkylation sites (tertiary alicyclic amines) is 1. The van der Waals surface area contributed by atoms with Gasteiger partial charge in [0.05, 0.1) is 23.7 Å². The predicted molar refractivity (Wildman–Crippen MR) is 92.1 cm³/mol. The molecule has 124 valence electrons. The van der Waals surface area contributed by atoms with Crippen LogP contribution in [0.4, 0.5) is 0 Å². The highest BCUT2D eigenvalue weighted by Gasteiger charge is 2.29. The number of amides is 1. The molecule has 0 aliphatic carbocycles. The first-order valence-electron chi connectivity index (χ1n) is 7.92. The molecule has 0 bridgehead atoms. The maximum Gasteiger partial charge on any atom is 0.264 e. The van der Waals surface area contributed by atoms with Crippen LogP contribution < -0.4 is 0 Å². The van der Waals surface area contributed by atoms with Crippen molar-refractivity contribution in [2.24, 2.45) is 0 Å². The summed E-state index contributed by atoms with van der Waals surface area (Å²) in [6.45, 7) is 1.87. The molecular formula is C17H18N4O2S. The molecule has 1 saturated heterocycles. The summed E-state index contributed by atoms with van der Waals surface area (Å²) in [5.41, 5.74) is 0.812. The van der Waals surface area contributed by atoms with E-state index in [1.165, 1.54) is 0 Å². The van der Waals surface area contributed by atoms with E-state index in [1.54, 1.807) is 18.4 Å². The summed E-state index contributed by atoms with van der Waals surface area (Å²) in [7, 11) is 1.64. The highest BCUT2D eigenvalue weighted by Crippen LogP contribution is 2.29. The standard InChI is InChI=1S/C17H18N4O2S/c1-23-11-13-9-21(19-18-13)14-6-7-20(10-14)17(22)16-8-12-4-2-3-5-15(12)24-16/h2-5,8-9,14H,6-7,10-11H2,1H3. The van der Waals surface area contributed by atoms with Gasteiger partial charge in [0.1, 0.15) is 5.69 Å². The lowest BCUT2D eigenvalue weighted by atomic mass is 10.2. The molecule has 1 atom stereocenters. The number of ether oxygens (including phenoxy) is 1. The number of fused-ring (bicyclic) bond motifs is 1. The van der Waals surface area contributed by atoms with Crippen LogP contribution in [0.5, 0.6) is 0 Å². The molecule has 1 aliphatic heterocycles. The van der Waals surface area contributed by atoms with Crippen LogP contribution in [-0.2, 0) is 11.3 Å². The number of methoxy groups -OCH3 is 1. The van der Waals surface area contributed by atoms with E-state index in [0.29, 0.717) is 13.2 Å². The SMILES string of the molecule is COCc1cn(C2CCN(C(=O)c3cc4ccccc4s3)C2)nn1. The normalized spacial score (nSPS) is 17.7. The zero-order valence-electron chi connectivity index (χ0n) is 13.4. The Kier molecular flexibility index (Phi) is 4.03. The van der Waals surface area contributed by atoms with Crippen molar-refractivity contribution in [2.45, 2.75) is 19.1 Å². The van der Waals surface area contributed by atoms with Crippen LogP contribution >= 0.6 is 11.3 Å². The van der Waals surface area contributed by atoms with Crippen molar-refractivity contribution in [2.75, 3.05) is 20.2 Å². The average molecular weight is 342 g/mol. The molecule has 1 amide bonds. The van der Waals surface area contributed by atoms with Gasteiger partial charge in [-0.15, -0.1) is 16.4 Å². The second-order valence-electron chi connectivity index (χ2n) is 5.97. The lowest BCUT2D eigenvalue weighted by Gasteiger charge is -2.15. The van der Waals surface area contributed by atoms with Crippen molar-refractivity contribution < 1.29 is 9.53 Å². The minimum Gasteiger partial charge on any atom is -0.378 e. The van der Waals surface area contributed by atoms with Crippen LogP contribution in [0.25, 0.3) is 10.1 Å². The van der Waals surface area contributed by atoms with Gasteiger partial charge in [-0.25, -0.2) is 4.68 Å². The smallest absolute Gasteiger partial charge is 0.264 e. The number of aromatic nitrogens is 3. The van der Waals surface area contributed by atoms with Crippen LogP contribution in [0.15, 0.2) is 36.5 Å². The number of hydrogen-bond acceptors (Lipinski definition) is 5. The van der Waals surface area contributed by atoms with Crippen LogP contribution in [-0.4, -0.2) is 46.0 Å². The number of thiophene rings is 1. The number of rotatable bonds is 4. The number of carbonyl (C=O) groups excluding carboxylic acids is 1. The van der Waals surface area contributed by atoms with Gasteiger partial charge in [0.25, 0.3) is 5.91 Å². The van der Waals surface area contributed by atoms with Gasteiger partial charge in [-0.1, -0.05) is 23.4 Å². The monoisotopic (exact) mass is 342 g/mol. The Bertz CT molecular complexity index is 839. The third-order valence-corrected chi connectivity index (χ3v) is 5.42. The molecule has 2 aromatic heterocycles. The van der Waals surface area contributed by atoms with Crippen molar-refractivity contribution in [1.29, 1.82) is 0 Å². The van der Waals surface area contributed by atoms with Crippen LogP contribution in [0, 0.1) is 0 Å². The molecule has 3 heterocycles. The van der Waals surface area contributed by atoms with Crippen molar-refractivity contribution in [3.63, 3.8) is 0 Å². The van der Waals surface area contributed by atoms with E-state index in [2.05, 4.69) is 16.4 Å². The van der Waals surface area contributed by atoms with Crippen molar-refractivity contribution in [1.82, 2.24) is 19.9 Å². The van der Waals surface area contributed by atoms with E-state index in [1.807, 2.05) is 40.0 Å². The summed E-state index contributed by atoms with van der Waals surface area (Å²) in [5.74, 6) is 0.107. The third kappa shape index (κ3) is 2.81. The molecule has 24 heavy (non-hydrogen) atoms. The molecule has 1 aromatic carbocycles. The molecule has 0 saturated carbocycles. The molecule has 0 radical (unpaired) electrons. The second-order valence-corrected chi connectivity index (χ2v) is 7.05. The van der Waals surface area contributed by atoms with Crippen LogP contribution in [0.2, 0.25) is 0 Å². The lowest BCUT2D eigenvalue weighted by Crippen LogP contribution is -2.28. The maximum atomic E-state index is 12.8. The van der Waals surface area contributed by atoms with Gasteiger partial charge >= 0.3 is 0 Å². The molecule has 1 aliphatic rings. The van der Waals surface area contributed by atoms with Crippen molar-refractivity contribution in [3.8, 4) is 0 Å². The fourth-order valence-corrected chi connectivity index (χ4v) is 4.12. The fourth-order valence-electron chi connectivity index (χ4n) is 3.09. The van der Waals surface area contributed by atoms with Gasteiger partial charge in [-0.05, 0) is 23.9 Å². The Balaban J connectivity index is 1.48. The number of carbonyl (C=O) groups is 1. The summed E-state index contributed by atoms with van der Waals surface area (Å²) in [4.78, 5) is 15.5. The summed E-state index contributed by atoms with van der Waals surface area (Å²) in [5, 5.41) is 9.39. The van der Waals surface area contributed by atoms with Crippen LogP contribution in [0.3, 0.4) is 0 Å². The largest absolute Gasteiger partial charge is 0.378 e. The summed E-state index contributed by atoms with van der Waals surface area (Å²) < 4.78 is 8.07. The molecule has 0 N–H and O–H groups in total. The minimum absolute atomic E-state index is 0.107. The quantitative estimate of drug-likeness (QED) is 0.731. The molecular weight excluding hydrogens is 324 g/mol. The molecule has 3 aromatic rings. The van der Waals surface area contributed by atoms with Gasteiger partial charge in [-0.3, -0.25) is 4.79 Å². The summed E-state index contributed by atoms with van der Waals surface area (Å²) >= 11 is 1.56. The minimum atomic E-state index is 0.107. The first kappa shape index (κ1) is 15.3. The van der Waals surface area contributed by atoms with Crippen LogP contribution in [0.1, 0.15) is 27.8 Å². The van der Waals surface area contributed by atoms with E-state index in [0.717, 1.165) is 33.6 Å². The van der Waals surface area contributed by atoms with Gasteiger partial charge < -0.3 is 9.64 Å². The molecule has 4 rings (SSSR count). The zero-order chi connectivity index (χ0) is 16.5. The maximum absolute atomic E-state index is 12.8. The Morgan fingerprint density at radius 3 is 3.12 bits per heavy atom. The Morgan fingerprint density at radius 1 is 1.42 bits per heavy atom. The lowest BCUT2D eigenvalue weighted by molar-refractivity contribution is 0.0792. The topological polar surface area (TPSA) is 60.2 Å². The molecule has 6 nitrogen and oxygen atoms in total. The van der Waals surface area contributed by atoms with Gasteiger partial charge in [0.2, 0.25) is 0 Å². The van der Waals surface area contributed by atoms with Gasteiger partial charge in [0.15, 0.2) is 0 Å². The molecule has 7 heteroatoms. The number of nitrogens with zero attached hydrogens (tertiary/aromatic N) is 4. The van der Waals surface area contributed by atoms with E-state index >= 15 is 0 Å². The van der Waals surface area contributed by atoms with E-state index in [4.69, 9.17) is 4.74 Å². The Labute approximate surface area is 143 Å². The number of hydrogen-bond donors (Lipinski definition) is 0. The average Bonchev–Trinajstić information content (AvgIpc) is 3.32. The highest BCUT2D eigenvalue weighted by atomic mass is 32.1. The second kappa shape index (κ2) is 6.33. The van der Waals surface area contributed by atoms with E-state index in [9.17, 15) is 4.79 Å². The first-order valence-corrected chi connectivity index (χ1v) is 8.74. The summed E-state index contributed by atoms with van der Waals surface area (Å²) in [6, 6.07) is 10.3. The third-order valence-electron chi connectivity index (χ3n) is 4.31. The summed E-state index contributed by atoms with van der Waals surface area (Å²) in [6.07, 6.45) is 2.80. The van der Waals surface area contributed by atoms with Gasteiger partial charge in [0, 0.05) is 24.9 Å². The molecule has 1 unspecified atom stereocenters. The van der Waals surface area contributed by atoms with E-state index < -0.39 is 0 Å². The Morgan fingerprint density at radius 2 is 2.29 bits per heavy atom.